The molecular weight excluding hydrogens is 335 g/mol. The minimum Gasteiger partial charge on any atom is -0.364 e. The zero-order valence-electron chi connectivity index (χ0n) is 15.2. The molecule has 1 aromatic heterocycles. The maximum Gasteiger partial charge on any atom is 0.329 e. The number of H-pyrrole nitrogens is 1. The van der Waals surface area contributed by atoms with Gasteiger partial charge in [-0.15, -0.1) is 0 Å². The van der Waals surface area contributed by atoms with Crippen molar-refractivity contribution < 1.29 is 4.39 Å². The van der Waals surface area contributed by atoms with Crippen LogP contribution in [0.25, 0.3) is 10.9 Å². The van der Waals surface area contributed by atoms with E-state index in [0.29, 0.717) is 35.1 Å². The summed E-state index contributed by atoms with van der Waals surface area (Å²) in [6.45, 7) is 4.48. The third kappa shape index (κ3) is 2.57. The molecule has 0 amide bonds. The number of hydrogen-bond donors (Lipinski definition) is 2. The predicted octanol–water partition coefficient (Wildman–Crippen LogP) is 2.04. The van der Waals surface area contributed by atoms with Crippen LogP contribution in [0.1, 0.15) is 51.1 Å². The van der Waals surface area contributed by atoms with E-state index in [1.54, 1.807) is 4.57 Å². The zero-order chi connectivity index (χ0) is 18.6. The quantitative estimate of drug-likeness (QED) is 0.874. The van der Waals surface area contributed by atoms with Gasteiger partial charge in [-0.1, -0.05) is 6.92 Å². The molecule has 1 saturated heterocycles. The number of nitrogens with zero attached hydrogens (tertiary/aromatic N) is 2. The smallest absolute Gasteiger partial charge is 0.329 e. The standard InChI is InChI=1S/C19H25FN4O2/c1-3-11-9-13(20)17(23-8-4-5-14(23)10(2)21)15-16(11)24(12-6-7-12)19(26)22-18(15)25/h9-10,12,14H,3-8,21H2,1-2H3,(H,22,25,26)/t10-,14?/m0/s1. The molecule has 2 aromatic rings. The van der Waals surface area contributed by atoms with Gasteiger partial charge < -0.3 is 10.6 Å². The number of rotatable bonds is 4. The molecule has 0 spiro atoms. The molecule has 26 heavy (non-hydrogen) atoms. The molecule has 4 rings (SSSR count). The van der Waals surface area contributed by atoms with Crippen molar-refractivity contribution in [2.75, 3.05) is 11.4 Å². The molecular formula is C19H25FN4O2. The predicted molar refractivity (Wildman–Crippen MR) is 100 cm³/mol. The molecule has 1 aromatic carbocycles. The Kier molecular flexibility index (Phi) is 4.14. The highest BCUT2D eigenvalue weighted by Gasteiger charge is 2.34. The highest BCUT2D eigenvalue weighted by molar-refractivity contribution is 5.94. The van der Waals surface area contributed by atoms with Gasteiger partial charge in [0.25, 0.3) is 5.56 Å². The molecule has 0 radical (unpaired) electrons. The summed E-state index contributed by atoms with van der Waals surface area (Å²) in [5.74, 6) is -0.409. The number of nitrogens with one attached hydrogen (secondary N) is 1. The average Bonchev–Trinajstić information content (AvgIpc) is 3.30. The van der Waals surface area contributed by atoms with Gasteiger partial charge >= 0.3 is 5.69 Å². The van der Waals surface area contributed by atoms with Crippen LogP contribution in [0.4, 0.5) is 10.1 Å². The number of anilines is 1. The molecule has 2 fully saturated rings. The molecule has 0 bridgehead atoms. The molecule has 2 aliphatic rings. The van der Waals surface area contributed by atoms with E-state index >= 15 is 4.39 Å². The second kappa shape index (κ2) is 6.23. The molecule has 6 nitrogen and oxygen atoms in total. The van der Waals surface area contributed by atoms with Crippen LogP contribution < -0.4 is 21.9 Å². The van der Waals surface area contributed by atoms with Gasteiger partial charge in [-0.2, -0.15) is 0 Å². The number of fused-ring (bicyclic) bond motifs is 1. The van der Waals surface area contributed by atoms with Crippen molar-refractivity contribution in [1.29, 1.82) is 0 Å². The second-order valence-corrected chi connectivity index (χ2v) is 7.57. The minimum atomic E-state index is -0.513. The number of aryl methyl sites for hydroxylation is 1. The van der Waals surface area contributed by atoms with E-state index in [-0.39, 0.29) is 18.1 Å². The summed E-state index contributed by atoms with van der Waals surface area (Å²) >= 11 is 0. The fraction of sp³-hybridized carbons (Fsp3) is 0.579. The summed E-state index contributed by atoms with van der Waals surface area (Å²) in [6, 6.07) is 1.44. The second-order valence-electron chi connectivity index (χ2n) is 7.57. The van der Waals surface area contributed by atoms with Gasteiger partial charge in [0, 0.05) is 24.7 Å². The van der Waals surface area contributed by atoms with Crippen LogP contribution in [-0.2, 0) is 6.42 Å². The maximum absolute atomic E-state index is 15.2. The fourth-order valence-electron chi connectivity index (χ4n) is 4.34. The van der Waals surface area contributed by atoms with Crippen molar-refractivity contribution in [3.05, 3.63) is 38.3 Å². The zero-order valence-corrected chi connectivity index (χ0v) is 15.2. The number of aromatic nitrogens is 2. The fourth-order valence-corrected chi connectivity index (χ4v) is 4.34. The first kappa shape index (κ1) is 17.3. The molecule has 1 unspecified atom stereocenters. The molecule has 2 heterocycles. The number of aromatic amines is 1. The topological polar surface area (TPSA) is 84.1 Å². The van der Waals surface area contributed by atoms with Crippen molar-refractivity contribution >= 4 is 16.6 Å². The minimum absolute atomic E-state index is 0.0131. The Morgan fingerprint density at radius 2 is 2.08 bits per heavy atom. The van der Waals surface area contributed by atoms with Crippen LogP contribution in [0.2, 0.25) is 0 Å². The van der Waals surface area contributed by atoms with Crippen molar-refractivity contribution in [3.8, 4) is 0 Å². The van der Waals surface area contributed by atoms with Crippen molar-refractivity contribution in [3.63, 3.8) is 0 Å². The van der Waals surface area contributed by atoms with Gasteiger partial charge in [-0.05, 0) is 50.7 Å². The Morgan fingerprint density at radius 1 is 1.35 bits per heavy atom. The van der Waals surface area contributed by atoms with E-state index in [1.807, 2.05) is 18.7 Å². The largest absolute Gasteiger partial charge is 0.364 e. The lowest BCUT2D eigenvalue weighted by molar-refractivity contribution is 0.545. The Balaban J connectivity index is 2.09. The molecule has 3 N–H and O–H groups in total. The van der Waals surface area contributed by atoms with E-state index in [2.05, 4.69) is 4.98 Å². The Labute approximate surface area is 150 Å². The summed E-state index contributed by atoms with van der Waals surface area (Å²) in [4.78, 5) is 29.6. The van der Waals surface area contributed by atoms with Gasteiger partial charge in [-0.25, -0.2) is 9.18 Å². The van der Waals surface area contributed by atoms with E-state index < -0.39 is 17.1 Å². The normalized spacial score (nSPS) is 21.5. The Morgan fingerprint density at radius 3 is 2.69 bits per heavy atom. The van der Waals surface area contributed by atoms with Crippen LogP contribution >= 0.6 is 0 Å². The molecule has 140 valence electrons. The molecule has 1 aliphatic carbocycles. The summed E-state index contributed by atoms with van der Waals surface area (Å²) in [5.41, 5.74) is 6.80. The van der Waals surface area contributed by atoms with Crippen LogP contribution in [-0.4, -0.2) is 28.2 Å². The first-order chi connectivity index (χ1) is 12.4. The van der Waals surface area contributed by atoms with Crippen LogP contribution in [0, 0.1) is 5.82 Å². The van der Waals surface area contributed by atoms with Crippen molar-refractivity contribution in [2.45, 2.75) is 64.1 Å². The lowest BCUT2D eigenvalue weighted by Gasteiger charge is -2.31. The molecule has 7 heteroatoms. The number of nitrogens with two attached hydrogens (primary N) is 1. The highest BCUT2D eigenvalue weighted by atomic mass is 19.1. The van der Waals surface area contributed by atoms with Crippen LogP contribution in [0.5, 0.6) is 0 Å². The summed E-state index contributed by atoms with van der Waals surface area (Å²) in [7, 11) is 0. The van der Waals surface area contributed by atoms with Gasteiger partial charge in [0.2, 0.25) is 0 Å². The van der Waals surface area contributed by atoms with E-state index in [1.165, 1.54) is 6.07 Å². The van der Waals surface area contributed by atoms with E-state index in [9.17, 15) is 9.59 Å². The lowest BCUT2D eigenvalue weighted by atomic mass is 10.0. The van der Waals surface area contributed by atoms with Gasteiger partial charge in [-0.3, -0.25) is 14.3 Å². The van der Waals surface area contributed by atoms with E-state index in [0.717, 1.165) is 25.7 Å². The maximum atomic E-state index is 15.2. The molecule has 1 saturated carbocycles. The summed E-state index contributed by atoms with van der Waals surface area (Å²) < 4.78 is 16.8. The first-order valence-corrected chi connectivity index (χ1v) is 9.46. The van der Waals surface area contributed by atoms with Crippen LogP contribution in [0.3, 0.4) is 0 Å². The van der Waals surface area contributed by atoms with Gasteiger partial charge in [0.15, 0.2) is 0 Å². The third-order valence-electron chi connectivity index (χ3n) is 5.70. The number of benzene rings is 1. The SMILES string of the molecule is CCc1cc(F)c(N2CCCC2[C@H](C)N)c2c(=O)[nH]c(=O)n(C3CC3)c12. The Hall–Kier alpha value is -2.15. The van der Waals surface area contributed by atoms with Crippen molar-refractivity contribution in [2.24, 2.45) is 5.73 Å². The number of hydrogen-bond acceptors (Lipinski definition) is 4. The third-order valence-corrected chi connectivity index (χ3v) is 5.70. The summed E-state index contributed by atoms with van der Waals surface area (Å²) in [6.07, 6.45) is 4.14. The molecule has 1 aliphatic heterocycles. The molecule has 2 atom stereocenters. The van der Waals surface area contributed by atoms with E-state index in [4.69, 9.17) is 5.73 Å². The highest BCUT2D eigenvalue weighted by Crippen LogP contribution is 2.40. The monoisotopic (exact) mass is 360 g/mol. The lowest BCUT2D eigenvalue weighted by Crippen LogP contribution is -2.43. The summed E-state index contributed by atoms with van der Waals surface area (Å²) in [5, 5.41) is 0.292. The average molecular weight is 360 g/mol. The van der Waals surface area contributed by atoms with Crippen molar-refractivity contribution in [1.82, 2.24) is 9.55 Å². The number of halogens is 1. The first-order valence-electron chi connectivity index (χ1n) is 9.46. The van der Waals surface area contributed by atoms with Gasteiger partial charge in [0.1, 0.15) is 5.82 Å². The Bertz CT molecular complexity index is 974. The van der Waals surface area contributed by atoms with Gasteiger partial charge in [0.05, 0.1) is 16.6 Å². The van der Waals surface area contributed by atoms with Crippen LogP contribution in [0.15, 0.2) is 15.7 Å².